The molecular weight excluding hydrogens is 353 g/mol. The Balaban J connectivity index is 2.09. The number of rotatable bonds is 2. The summed E-state index contributed by atoms with van der Waals surface area (Å²) in [4.78, 5) is 2.89. The van der Waals surface area contributed by atoms with E-state index in [1.807, 2.05) is 22.7 Å². The fourth-order valence-electron chi connectivity index (χ4n) is 3.36. The second-order valence-corrected chi connectivity index (χ2v) is 16.8. The summed E-state index contributed by atoms with van der Waals surface area (Å²) >= 11 is 1.55. The van der Waals surface area contributed by atoms with Crippen LogP contribution in [0.3, 0.4) is 0 Å². The van der Waals surface area contributed by atoms with E-state index in [2.05, 4.69) is 70.8 Å². The predicted molar refractivity (Wildman–Crippen MR) is 98.1 cm³/mol. The Morgan fingerprint density at radius 3 is 2.10 bits per heavy atom. The van der Waals surface area contributed by atoms with E-state index in [1.165, 1.54) is 20.9 Å². The maximum absolute atomic E-state index is 2.54. The first-order valence-corrected chi connectivity index (χ1v) is 15.2. The summed E-state index contributed by atoms with van der Waals surface area (Å²) in [6.45, 7) is 0. The molecule has 1 aromatic carbocycles. The van der Waals surface area contributed by atoms with E-state index >= 15 is 0 Å². The van der Waals surface area contributed by atoms with E-state index in [0.29, 0.717) is 0 Å². The summed E-state index contributed by atoms with van der Waals surface area (Å²) in [5, 5.41) is 4.39. The number of thiophene rings is 2. The number of benzene rings is 1. The van der Waals surface area contributed by atoms with Gasteiger partial charge in [0, 0.05) is 0 Å². The van der Waals surface area contributed by atoms with Crippen LogP contribution in [-0.4, -0.2) is 13.3 Å². The van der Waals surface area contributed by atoms with Crippen molar-refractivity contribution in [2.24, 2.45) is 0 Å². The molecule has 104 valence electrons. The minimum atomic E-state index is -2.20. The molecule has 0 fully saturated rings. The van der Waals surface area contributed by atoms with Crippen molar-refractivity contribution in [2.45, 2.75) is 11.5 Å². The van der Waals surface area contributed by atoms with Crippen LogP contribution in [0, 0.1) is 0 Å². The molecule has 4 rings (SSSR count). The van der Waals surface area contributed by atoms with Crippen molar-refractivity contribution in [3.63, 3.8) is 0 Å². The van der Waals surface area contributed by atoms with Gasteiger partial charge in [-0.2, -0.15) is 0 Å². The molecule has 0 aliphatic carbocycles. The van der Waals surface area contributed by atoms with E-state index in [4.69, 9.17) is 0 Å². The van der Waals surface area contributed by atoms with E-state index in [1.54, 1.807) is 8.80 Å². The van der Waals surface area contributed by atoms with Crippen molar-refractivity contribution in [3.05, 3.63) is 74.6 Å². The molecule has 3 heterocycles. The zero-order chi connectivity index (χ0) is 14.4. The molecule has 21 heavy (non-hydrogen) atoms. The predicted octanol–water partition coefficient (Wildman–Crippen LogP) is 5.24. The molecule has 3 aromatic rings. The number of fused-ring (bicyclic) bond motifs is 1. The molecule has 2 aromatic heterocycles. The van der Waals surface area contributed by atoms with Crippen molar-refractivity contribution in [1.82, 2.24) is 0 Å². The Hall–Kier alpha value is -1.10. The minimum absolute atomic E-state index is 1.42. The number of hydrogen-bond acceptors (Lipinski definition) is 2. The standard InChI is InChI=1S/C18H16GeS2/c1-19(2)14-8-4-3-7-13(14)17(15-9-5-11-20-15)18(19)16-10-6-12-21-16/h3-12H,1-2H3. The topological polar surface area (TPSA) is 0 Å². The molecule has 0 nitrogen and oxygen atoms in total. The quantitative estimate of drug-likeness (QED) is 0.543. The van der Waals surface area contributed by atoms with Crippen molar-refractivity contribution in [3.8, 4) is 0 Å². The first-order chi connectivity index (χ1) is 10.2. The average molecular weight is 369 g/mol. The molecule has 1 aliphatic rings. The Morgan fingerprint density at radius 2 is 1.43 bits per heavy atom. The third kappa shape index (κ3) is 2.00. The summed E-state index contributed by atoms with van der Waals surface area (Å²) in [5.74, 6) is 5.07. The molecule has 0 unspecified atom stereocenters. The molecule has 3 heteroatoms. The van der Waals surface area contributed by atoms with Crippen LogP contribution in [0.25, 0.3) is 9.98 Å². The molecular formula is C18H16GeS2. The van der Waals surface area contributed by atoms with Gasteiger partial charge < -0.3 is 0 Å². The van der Waals surface area contributed by atoms with Crippen molar-refractivity contribution in [1.29, 1.82) is 0 Å². The molecule has 0 amide bonds. The van der Waals surface area contributed by atoms with Crippen LogP contribution >= 0.6 is 22.7 Å². The summed E-state index contributed by atoms with van der Waals surface area (Å²) in [6, 6.07) is 18.0. The average Bonchev–Trinajstić information content (AvgIpc) is 3.19. The van der Waals surface area contributed by atoms with Crippen LogP contribution in [0.4, 0.5) is 0 Å². The van der Waals surface area contributed by atoms with Crippen LogP contribution in [0.2, 0.25) is 11.5 Å². The van der Waals surface area contributed by atoms with Crippen molar-refractivity contribution < 1.29 is 0 Å². The Morgan fingerprint density at radius 1 is 0.762 bits per heavy atom. The molecule has 0 spiro atoms. The third-order valence-corrected chi connectivity index (χ3v) is 13.9. The second-order valence-electron chi connectivity index (χ2n) is 5.88. The molecule has 0 bridgehead atoms. The first-order valence-electron chi connectivity index (χ1n) is 7.12. The van der Waals surface area contributed by atoms with Crippen LogP contribution in [0.5, 0.6) is 0 Å². The molecule has 0 saturated carbocycles. The van der Waals surface area contributed by atoms with E-state index < -0.39 is 13.3 Å². The zero-order valence-corrected chi connectivity index (χ0v) is 15.8. The van der Waals surface area contributed by atoms with Gasteiger partial charge in [-0.1, -0.05) is 0 Å². The summed E-state index contributed by atoms with van der Waals surface area (Å²) in [5.41, 5.74) is 2.99. The molecule has 0 N–H and O–H groups in total. The second kappa shape index (κ2) is 4.97. The van der Waals surface area contributed by atoms with E-state index in [9.17, 15) is 0 Å². The summed E-state index contributed by atoms with van der Waals surface area (Å²) < 4.78 is 3.29. The van der Waals surface area contributed by atoms with Gasteiger partial charge >= 0.3 is 136 Å². The first kappa shape index (κ1) is 13.6. The van der Waals surface area contributed by atoms with E-state index in [0.717, 1.165) is 0 Å². The van der Waals surface area contributed by atoms with Crippen LogP contribution in [0.1, 0.15) is 15.3 Å². The van der Waals surface area contributed by atoms with Crippen molar-refractivity contribution >= 4 is 50.3 Å². The molecule has 0 atom stereocenters. The van der Waals surface area contributed by atoms with Crippen molar-refractivity contribution in [2.75, 3.05) is 0 Å². The third-order valence-electron chi connectivity index (χ3n) is 4.28. The van der Waals surface area contributed by atoms with Crippen LogP contribution < -0.4 is 4.40 Å². The van der Waals surface area contributed by atoms with Gasteiger partial charge in [-0.05, 0) is 0 Å². The molecule has 0 saturated heterocycles. The van der Waals surface area contributed by atoms with Gasteiger partial charge in [0.15, 0.2) is 0 Å². The summed E-state index contributed by atoms with van der Waals surface area (Å²) in [6.07, 6.45) is 0. The number of hydrogen-bond donors (Lipinski definition) is 0. The molecule has 1 aliphatic heterocycles. The monoisotopic (exact) mass is 370 g/mol. The Labute approximate surface area is 136 Å². The van der Waals surface area contributed by atoms with Gasteiger partial charge in [0.05, 0.1) is 0 Å². The van der Waals surface area contributed by atoms with Crippen LogP contribution in [-0.2, 0) is 0 Å². The van der Waals surface area contributed by atoms with Gasteiger partial charge in [-0.25, -0.2) is 0 Å². The van der Waals surface area contributed by atoms with Crippen LogP contribution in [0.15, 0.2) is 59.3 Å². The Kier molecular flexibility index (Phi) is 3.21. The fourth-order valence-corrected chi connectivity index (χ4v) is 13.5. The van der Waals surface area contributed by atoms with Gasteiger partial charge in [0.25, 0.3) is 0 Å². The fraction of sp³-hybridized carbons (Fsp3) is 0.111. The zero-order valence-electron chi connectivity index (χ0n) is 12.1. The SMILES string of the molecule is [CH3][Ge]1([CH3])[C](c2cccs2)=C(c2cccs2)c2cccc[c]21. The Bertz CT molecular complexity index is 809. The van der Waals surface area contributed by atoms with Gasteiger partial charge in [-0.15, -0.1) is 0 Å². The van der Waals surface area contributed by atoms with Gasteiger partial charge in [0.2, 0.25) is 0 Å². The maximum atomic E-state index is 2.54. The molecule has 0 radical (unpaired) electrons. The van der Waals surface area contributed by atoms with Gasteiger partial charge in [-0.3, -0.25) is 0 Å². The summed E-state index contributed by atoms with van der Waals surface area (Å²) in [7, 11) is 0. The normalized spacial score (nSPS) is 16.3. The van der Waals surface area contributed by atoms with E-state index in [-0.39, 0.29) is 0 Å². The van der Waals surface area contributed by atoms with Gasteiger partial charge in [0.1, 0.15) is 0 Å².